The Hall–Kier alpha value is -10.1. The number of benzene rings is 12. The van der Waals surface area contributed by atoms with Crippen molar-refractivity contribution in [3.05, 3.63) is 494 Å². The molecule has 18 aromatic rings. The zero-order valence-corrected chi connectivity index (χ0v) is 72.9. The number of nitrogens with zero attached hydrogens (tertiary/aromatic N) is 4. The second kappa shape index (κ2) is 60.6. The summed E-state index contributed by atoms with van der Waals surface area (Å²) in [5.41, 5.74) is 11.2. The van der Waals surface area contributed by atoms with Gasteiger partial charge >= 0.3 is 30.0 Å². The first-order valence-corrected chi connectivity index (χ1v) is 45.9. The molecule has 19 rings (SSSR count). The van der Waals surface area contributed by atoms with Crippen LogP contribution in [0.25, 0.3) is 75.5 Å². The zero-order chi connectivity index (χ0) is 78.5. The number of rotatable bonds is 5. The Morgan fingerprint density at radius 2 is 0.584 bits per heavy atom. The molecule has 0 bridgehead atoms. The van der Waals surface area contributed by atoms with Crippen molar-refractivity contribution in [3.63, 3.8) is 0 Å². The van der Waals surface area contributed by atoms with Crippen LogP contribution in [-0.4, -0.2) is 33.1 Å². The van der Waals surface area contributed by atoms with Gasteiger partial charge in [0.25, 0.3) is 0 Å². The molecule has 0 amide bonds. The number of thiophene rings is 2. The van der Waals surface area contributed by atoms with E-state index in [1.165, 1.54) is 73.7 Å². The average Bonchev–Trinajstić information content (AvgIpc) is 1.67. The fourth-order valence-electron chi connectivity index (χ4n) is 9.59. The van der Waals surface area contributed by atoms with Crippen molar-refractivity contribution in [2.45, 2.75) is 12.8 Å². The van der Waals surface area contributed by atoms with Gasteiger partial charge in [0.2, 0.25) is 0 Å². The first kappa shape index (κ1) is 91.8. The van der Waals surface area contributed by atoms with Gasteiger partial charge in [-0.3, -0.25) is 4.98 Å². The van der Waals surface area contributed by atoms with Gasteiger partial charge in [0.15, 0.2) is 0 Å². The molecule has 113 heavy (non-hydrogen) atoms. The van der Waals surface area contributed by atoms with Crippen LogP contribution in [0.3, 0.4) is 0 Å². The van der Waals surface area contributed by atoms with Gasteiger partial charge in [-0.15, -0.1) is 22.7 Å². The Morgan fingerprint density at radius 1 is 0.310 bits per heavy atom. The van der Waals surface area contributed by atoms with Crippen LogP contribution in [0, 0.1) is 30.5 Å². The second-order valence-corrected chi connectivity index (χ2v) is 27.2. The van der Waals surface area contributed by atoms with E-state index in [2.05, 4.69) is 280 Å². The van der Waals surface area contributed by atoms with Gasteiger partial charge in [0.1, 0.15) is 20.0 Å². The summed E-state index contributed by atoms with van der Waals surface area (Å²) in [5, 5.41) is 3.31. The molecular weight excluding hydrogens is 1740 g/mol. The molecule has 1 aliphatic rings. The number of pyridine rings is 4. The number of hydrogen-bond acceptors (Lipinski definition) is 7. The van der Waals surface area contributed by atoms with Crippen LogP contribution in [0.4, 0.5) is 0 Å². The molecule has 0 N–H and O–H groups in total. The maximum absolute atomic E-state index is 5.85. The maximum atomic E-state index is 5.85. The van der Waals surface area contributed by atoms with E-state index in [1.807, 2.05) is 218 Å². The fraction of sp³-hybridized carbons (Fsp3) is 0.0400. The smallest absolute Gasteiger partial charge is 0.0184 e. The summed E-state index contributed by atoms with van der Waals surface area (Å²) in [6, 6.07) is 156. The predicted molar refractivity (Wildman–Crippen MR) is 481 cm³/mol. The zero-order valence-electron chi connectivity index (χ0n) is 62.1. The van der Waals surface area contributed by atoms with Gasteiger partial charge in [-0.2, -0.15) is 164 Å². The molecular formula is C100H82Br2Cl2N4OPdS2Zn-4. The minimum absolute atomic E-state index is 0. The monoisotopic (exact) mass is 1820 g/mol. The normalized spacial score (nSPS) is 9.93. The van der Waals surface area contributed by atoms with Crippen LogP contribution in [0.1, 0.15) is 12.8 Å². The quantitative estimate of drug-likeness (QED) is 0.0976. The van der Waals surface area contributed by atoms with Crippen molar-refractivity contribution < 1.29 is 41.5 Å². The van der Waals surface area contributed by atoms with Crippen LogP contribution >= 0.6 is 75.4 Å². The van der Waals surface area contributed by atoms with Gasteiger partial charge in [0.05, 0.1) is 14.4 Å². The Bertz CT molecular complexity index is 4390. The molecule has 0 unspecified atom stereocenters. The average molecular weight is 1820 g/mol. The van der Waals surface area contributed by atoms with Crippen molar-refractivity contribution in [2.24, 2.45) is 0 Å². The van der Waals surface area contributed by atoms with E-state index in [9.17, 15) is 0 Å². The minimum Gasteiger partial charge on any atom is -0.394 e. The maximum Gasteiger partial charge on any atom is -0.0184 e. The van der Waals surface area contributed by atoms with Gasteiger partial charge in [0, 0.05) is 50.6 Å². The van der Waals surface area contributed by atoms with Crippen molar-refractivity contribution in [3.8, 4) is 55.1 Å². The topological polar surface area (TPSA) is 60.8 Å². The second-order valence-electron chi connectivity index (χ2n) is 22.9. The van der Waals surface area contributed by atoms with E-state index in [0.29, 0.717) is 10.3 Å². The molecule has 0 atom stereocenters. The summed E-state index contributed by atoms with van der Waals surface area (Å²) >= 11 is 22.4. The largest absolute Gasteiger partial charge is 0.394 e. The molecule has 13 heteroatoms. The van der Waals surface area contributed by atoms with Crippen molar-refractivity contribution in [1.29, 1.82) is 0 Å². The summed E-state index contributed by atoms with van der Waals surface area (Å²) in [6.07, 6.45) is 8.68. The summed E-state index contributed by atoms with van der Waals surface area (Å²) in [7, 11) is 0. The molecule has 5 nitrogen and oxygen atoms in total. The van der Waals surface area contributed by atoms with E-state index >= 15 is 0 Å². The molecule has 1 fully saturated rings. The third-order valence-electron chi connectivity index (χ3n) is 14.9. The van der Waals surface area contributed by atoms with Crippen LogP contribution in [0.15, 0.2) is 453 Å². The Morgan fingerprint density at radius 3 is 0.805 bits per heavy atom. The van der Waals surface area contributed by atoms with Crippen LogP contribution in [0.2, 0.25) is 10.3 Å². The Balaban J connectivity index is 0.000000194. The number of hydrogen-bond donors (Lipinski definition) is 0. The van der Waals surface area contributed by atoms with E-state index in [4.69, 9.17) is 27.9 Å². The van der Waals surface area contributed by atoms with Crippen LogP contribution in [0.5, 0.6) is 0 Å². The first-order chi connectivity index (χ1) is 55.4. The number of ether oxygens (including phenoxy) is 1. The van der Waals surface area contributed by atoms with E-state index < -0.39 is 0 Å². The fourth-order valence-corrected chi connectivity index (χ4v) is 12.5. The number of fused-ring (bicyclic) bond motifs is 2. The predicted octanol–water partition coefficient (Wildman–Crippen LogP) is 29.6. The molecule has 7 heterocycles. The minimum atomic E-state index is 0. The summed E-state index contributed by atoms with van der Waals surface area (Å²) in [5.74, 6) is 0. The molecule has 564 valence electrons. The van der Waals surface area contributed by atoms with Crippen LogP contribution < -0.4 is 0 Å². The van der Waals surface area contributed by atoms with Gasteiger partial charge < -0.3 is 9.72 Å². The molecule has 0 aliphatic carbocycles. The van der Waals surface area contributed by atoms with Gasteiger partial charge in [-0.25, -0.2) is 9.97 Å². The number of aromatic nitrogens is 4. The molecule has 0 radical (unpaired) electrons. The summed E-state index contributed by atoms with van der Waals surface area (Å²) < 4.78 is 6.03. The van der Waals surface area contributed by atoms with E-state index in [-0.39, 0.29) is 20.4 Å². The molecule has 1 saturated heterocycles. The van der Waals surface area contributed by atoms with Crippen molar-refractivity contribution >= 4 is 95.9 Å². The third kappa shape index (κ3) is 40.3. The SMILES string of the molecule is C1CCOC1.Clc1ccc2cc(-c3ccccn3)sc2n1.Clc1ccc2cc(Br)sc2n1.[Pd].[Zn+][Br].[c-]1ccccc1.[c-]1ccccc1.[c-]1ccccc1.[c-]1ccccc1.[c-]1ccccn1.c1ccc(-c2ccccc2)cc1.c1ccc(-c2ccccc2)cc1.c1ccc(-c2ccccc2)cc1.c1ccc(-c2ccccc2)cc1. The number of halogens is 4. The molecule has 1 aliphatic heterocycles. The molecule has 12 aromatic carbocycles. The van der Waals surface area contributed by atoms with Gasteiger partial charge in [-0.05, 0) is 122 Å². The Labute approximate surface area is 725 Å². The Kier molecular flexibility index (Phi) is 49.2. The standard InChI is InChI=1S/C12H7ClN2S.4C12H10.C7H3BrClNS.4C6H5.C5H4N.C4H8O.BrH.Pd.Zn/c13-11-5-4-8-7-10(16-12(8)15-11)9-3-1-2-6-14-9;4*1-3-7-11(8-4-1)12-9-5-2-6-10-12;8-5-3-4-1-2-6(9)10-7(4)11-5;5*1-2-4-6-5-3-1;1-2-4-5-3-1;;;/h1-7H;4*1-10H;1-3H;4*1-5H;1-4H;1-4H2;1H;;/q;;;;;;5*-1;;;;+2/p-1. The van der Waals surface area contributed by atoms with Crippen molar-refractivity contribution in [1.82, 2.24) is 19.9 Å². The summed E-state index contributed by atoms with van der Waals surface area (Å²) in [6.45, 7) is 2.00. The van der Waals surface area contributed by atoms with E-state index in [1.54, 1.807) is 53.3 Å². The third-order valence-corrected chi connectivity index (χ3v) is 17.9. The molecule has 0 spiro atoms. The van der Waals surface area contributed by atoms with Crippen molar-refractivity contribution in [2.75, 3.05) is 13.2 Å². The van der Waals surface area contributed by atoms with Gasteiger partial charge in [-0.1, -0.05) is 284 Å². The summed E-state index contributed by atoms with van der Waals surface area (Å²) in [4.78, 5) is 19.4. The molecule has 0 saturated carbocycles. The van der Waals surface area contributed by atoms with Crippen LogP contribution in [-0.2, 0) is 41.5 Å². The first-order valence-electron chi connectivity index (χ1n) is 35.8. The molecule has 6 aromatic heterocycles. The van der Waals surface area contributed by atoms with E-state index in [0.717, 1.165) is 48.0 Å².